The molecule has 0 heterocycles. The van der Waals surface area contributed by atoms with E-state index in [0.29, 0.717) is 19.6 Å². The van der Waals surface area contributed by atoms with Crippen molar-refractivity contribution in [3.8, 4) is 0 Å². The minimum absolute atomic E-state index is 0.0624. The molecule has 0 aliphatic carbocycles. The molecular weight excluding hydrogens is 268 g/mol. The highest BCUT2D eigenvalue weighted by molar-refractivity contribution is 5.92. The molecule has 0 aliphatic heterocycles. The fourth-order valence-corrected chi connectivity index (χ4v) is 1.80. The molecule has 6 nitrogen and oxygen atoms in total. The molecule has 0 aromatic rings. The standard InChI is InChI=1S/C15H32N4O2/c1-14(2,18-9-7-8-16)13(21)11-19(6)15(3,4)12(20)10-17-5/h17-18H,7-11,16H2,1-6H3. The fraction of sp³-hybridized carbons (Fsp3) is 0.867. The Morgan fingerprint density at radius 1 is 1.14 bits per heavy atom. The number of nitrogens with zero attached hydrogens (tertiary/aromatic N) is 1. The van der Waals surface area contributed by atoms with Crippen molar-refractivity contribution in [2.24, 2.45) is 5.73 Å². The van der Waals surface area contributed by atoms with Crippen LogP contribution < -0.4 is 16.4 Å². The zero-order valence-electron chi connectivity index (χ0n) is 14.4. The van der Waals surface area contributed by atoms with Crippen LogP contribution in [0.2, 0.25) is 0 Å². The summed E-state index contributed by atoms with van der Waals surface area (Å²) in [5, 5.41) is 6.08. The van der Waals surface area contributed by atoms with E-state index in [2.05, 4.69) is 10.6 Å². The lowest BCUT2D eigenvalue weighted by Crippen LogP contribution is -2.57. The van der Waals surface area contributed by atoms with E-state index in [9.17, 15) is 9.59 Å². The Morgan fingerprint density at radius 3 is 2.19 bits per heavy atom. The van der Waals surface area contributed by atoms with E-state index in [1.807, 2.05) is 27.7 Å². The molecule has 0 aliphatic rings. The zero-order valence-corrected chi connectivity index (χ0v) is 14.4. The second kappa shape index (κ2) is 8.58. The summed E-state index contributed by atoms with van der Waals surface area (Å²) < 4.78 is 0. The van der Waals surface area contributed by atoms with Crippen LogP contribution >= 0.6 is 0 Å². The Morgan fingerprint density at radius 2 is 1.71 bits per heavy atom. The van der Waals surface area contributed by atoms with Gasteiger partial charge in [0.1, 0.15) is 0 Å². The second-order valence-electron chi connectivity index (χ2n) is 6.49. The molecule has 0 radical (unpaired) electrons. The van der Waals surface area contributed by atoms with Gasteiger partial charge in [0.25, 0.3) is 0 Å². The van der Waals surface area contributed by atoms with Crippen molar-refractivity contribution < 1.29 is 9.59 Å². The Balaban J connectivity index is 4.64. The van der Waals surface area contributed by atoms with Crippen LogP contribution in [-0.2, 0) is 9.59 Å². The molecule has 0 aromatic carbocycles. The van der Waals surface area contributed by atoms with Gasteiger partial charge in [0.05, 0.1) is 24.2 Å². The first-order valence-electron chi connectivity index (χ1n) is 7.47. The molecule has 0 saturated carbocycles. The number of hydrogen-bond acceptors (Lipinski definition) is 6. The van der Waals surface area contributed by atoms with E-state index in [-0.39, 0.29) is 18.1 Å². The summed E-state index contributed by atoms with van der Waals surface area (Å²) in [6.07, 6.45) is 0.832. The first-order chi connectivity index (χ1) is 9.59. The van der Waals surface area contributed by atoms with E-state index < -0.39 is 11.1 Å². The molecule has 124 valence electrons. The number of Topliss-reactive ketones (excluding diaryl/α,β-unsaturated/α-hetero) is 2. The third-order valence-electron chi connectivity index (χ3n) is 4.00. The molecule has 0 saturated heterocycles. The summed E-state index contributed by atoms with van der Waals surface area (Å²) in [5.41, 5.74) is 4.16. The third-order valence-corrected chi connectivity index (χ3v) is 4.00. The van der Waals surface area contributed by atoms with Gasteiger partial charge in [0, 0.05) is 0 Å². The predicted octanol–water partition coefficient (Wildman–Crippen LogP) is -0.229. The molecule has 4 N–H and O–H groups in total. The SMILES string of the molecule is CNCC(=O)C(C)(C)N(C)CC(=O)C(C)(C)NCCCN. The Hall–Kier alpha value is -0.820. The summed E-state index contributed by atoms with van der Waals surface area (Å²) in [6, 6.07) is 0. The maximum absolute atomic E-state index is 12.4. The van der Waals surface area contributed by atoms with Crippen LogP contribution in [0, 0.1) is 0 Å². The number of carbonyl (C=O) groups is 2. The van der Waals surface area contributed by atoms with Crippen molar-refractivity contribution in [2.75, 3.05) is 40.3 Å². The average molecular weight is 300 g/mol. The summed E-state index contributed by atoms with van der Waals surface area (Å²) >= 11 is 0. The van der Waals surface area contributed by atoms with Crippen molar-refractivity contribution >= 4 is 11.6 Å². The average Bonchev–Trinajstić information content (AvgIpc) is 2.38. The van der Waals surface area contributed by atoms with Crippen molar-refractivity contribution in [2.45, 2.75) is 45.2 Å². The molecule has 0 amide bonds. The van der Waals surface area contributed by atoms with Crippen LogP contribution in [0.4, 0.5) is 0 Å². The highest BCUT2D eigenvalue weighted by atomic mass is 16.1. The molecule has 0 aromatic heterocycles. The lowest BCUT2D eigenvalue weighted by atomic mass is 9.93. The zero-order chi connectivity index (χ0) is 16.7. The van der Waals surface area contributed by atoms with Crippen LogP contribution in [0.1, 0.15) is 34.1 Å². The van der Waals surface area contributed by atoms with Gasteiger partial charge >= 0.3 is 0 Å². The molecule has 0 bridgehead atoms. The highest BCUT2D eigenvalue weighted by Gasteiger charge is 2.35. The van der Waals surface area contributed by atoms with E-state index in [4.69, 9.17) is 5.73 Å². The van der Waals surface area contributed by atoms with Gasteiger partial charge in [-0.3, -0.25) is 14.5 Å². The molecule has 0 fully saturated rings. The van der Waals surface area contributed by atoms with Crippen LogP contribution in [0.5, 0.6) is 0 Å². The quantitative estimate of drug-likeness (QED) is 0.457. The Kier molecular flexibility index (Phi) is 8.25. The van der Waals surface area contributed by atoms with Crippen LogP contribution in [0.15, 0.2) is 0 Å². The number of rotatable bonds is 11. The second-order valence-corrected chi connectivity index (χ2v) is 6.49. The van der Waals surface area contributed by atoms with Crippen molar-refractivity contribution in [1.82, 2.24) is 15.5 Å². The number of nitrogens with two attached hydrogens (primary N) is 1. The minimum Gasteiger partial charge on any atom is -0.330 e. The first-order valence-corrected chi connectivity index (χ1v) is 7.47. The van der Waals surface area contributed by atoms with Gasteiger partial charge < -0.3 is 16.4 Å². The summed E-state index contributed by atoms with van der Waals surface area (Å²) in [6.45, 7) is 9.24. The van der Waals surface area contributed by atoms with Crippen molar-refractivity contribution in [3.05, 3.63) is 0 Å². The minimum atomic E-state index is -0.675. The summed E-state index contributed by atoms with van der Waals surface area (Å²) in [5.74, 6) is 0.126. The molecule has 21 heavy (non-hydrogen) atoms. The van der Waals surface area contributed by atoms with Gasteiger partial charge in [0.2, 0.25) is 0 Å². The van der Waals surface area contributed by atoms with Gasteiger partial charge in [-0.1, -0.05) is 0 Å². The van der Waals surface area contributed by atoms with Crippen molar-refractivity contribution in [1.29, 1.82) is 0 Å². The largest absolute Gasteiger partial charge is 0.330 e. The van der Waals surface area contributed by atoms with Crippen LogP contribution in [0.3, 0.4) is 0 Å². The lowest BCUT2D eigenvalue weighted by molar-refractivity contribution is -0.131. The third kappa shape index (κ3) is 6.22. The smallest absolute Gasteiger partial charge is 0.166 e. The van der Waals surface area contributed by atoms with Gasteiger partial charge in [-0.2, -0.15) is 0 Å². The molecule has 0 unspecified atom stereocenters. The maximum Gasteiger partial charge on any atom is 0.166 e. The van der Waals surface area contributed by atoms with E-state index >= 15 is 0 Å². The molecule has 0 rings (SSSR count). The van der Waals surface area contributed by atoms with E-state index in [1.165, 1.54) is 0 Å². The molecular formula is C15H32N4O2. The van der Waals surface area contributed by atoms with Gasteiger partial charge in [-0.15, -0.1) is 0 Å². The number of hydrogen-bond donors (Lipinski definition) is 3. The number of nitrogens with one attached hydrogen (secondary N) is 2. The number of ketones is 2. The van der Waals surface area contributed by atoms with E-state index in [0.717, 1.165) is 6.42 Å². The number of likely N-dealkylation sites (N-methyl/N-ethyl adjacent to an activating group) is 2. The highest BCUT2D eigenvalue weighted by Crippen LogP contribution is 2.15. The molecule has 0 spiro atoms. The monoisotopic (exact) mass is 300 g/mol. The lowest BCUT2D eigenvalue weighted by Gasteiger charge is -2.36. The Bertz CT molecular complexity index is 354. The molecule has 0 atom stereocenters. The maximum atomic E-state index is 12.4. The summed E-state index contributed by atoms with van der Waals surface area (Å²) in [4.78, 5) is 26.3. The van der Waals surface area contributed by atoms with E-state index in [1.54, 1.807) is 19.0 Å². The molecule has 6 heteroatoms. The predicted molar refractivity (Wildman–Crippen MR) is 86.4 cm³/mol. The van der Waals surface area contributed by atoms with Gasteiger partial charge in [-0.05, 0) is 61.3 Å². The normalized spacial score (nSPS) is 12.8. The summed E-state index contributed by atoms with van der Waals surface area (Å²) in [7, 11) is 3.55. The fourth-order valence-electron chi connectivity index (χ4n) is 1.80. The van der Waals surface area contributed by atoms with Gasteiger partial charge in [-0.25, -0.2) is 0 Å². The van der Waals surface area contributed by atoms with Crippen LogP contribution in [-0.4, -0.2) is 67.8 Å². The Labute approximate surface area is 128 Å². The van der Waals surface area contributed by atoms with Crippen LogP contribution in [0.25, 0.3) is 0 Å². The first kappa shape index (κ1) is 20.2. The number of carbonyl (C=O) groups excluding carboxylic acids is 2. The van der Waals surface area contributed by atoms with Gasteiger partial charge in [0.15, 0.2) is 11.6 Å². The van der Waals surface area contributed by atoms with Crippen molar-refractivity contribution in [3.63, 3.8) is 0 Å². The topological polar surface area (TPSA) is 87.5 Å².